The Morgan fingerprint density at radius 2 is 2.43 bits per heavy atom. The third-order valence-corrected chi connectivity index (χ3v) is 0.617. The first-order valence-corrected chi connectivity index (χ1v) is 1.80. The van der Waals surface area contributed by atoms with Crippen molar-refractivity contribution in [1.29, 1.82) is 0 Å². The van der Waals surface area contributed by atoms with Gasteiger partial charge in [-0.05, 0) is 0 Å². The summed E-state index contributed by atoms with van der Waals surface area (Å²) in [6, 6.07) is 0. The van der Waals surface area contributed by atoms with Crippen molar-refractivity contribution < 1.29 is 9.63 Å². The third-order valence-electron chi connectivity index (χ3n) is 0.617. The van der Waals surface area contributed by atoms with Crippen molar-refractivity contribution in [2.24, 2.45) is 0 Å². The molecular weight excluding hydrogens is 121 g/mol. The van der Waals surface area contributed by atoms with Gasteiger partial charge in [-0.15, -0.1) is 0 Å². The van der Waals surface area contributed by atoms with Crippen molar-refractivity contribution >= 4 is 57.3 Å². The van der Waals surface area contributed by atoms with Gasteiger partial charge in [0.2, 0.25) is 5.91 Å². The fourth-order valence-electron chi connectivity index (χ4n) is 0.326. The molecule has 0 spiro atoms. The number of hydrogen-bond acceptors (Lipinski definition) is 2. The summed E-state index contributed by atoms with van der Waals surface area (Å²) in [5.74, 6) is -0.0185. The first-order valence-electron chi connectivity index (χ1n) is 1.80. The first-order chi connectivity index (χ1) is 2.89. The number of rotatable bonds is 0. The SMILES string of the molecule is O=C1CCON1.[K]. The molecule has 35 valence electrons. The summed E-state index contributed by atoms with van der Waals surface area (Å²) in [4.78, 5) is 14.5. The zero-order valence-electron chi connectivity index (χ0n) is 4.23. The summed E-state index contributed by atoms with van der Waals surface area (Å²) in [5, 5.41) is 0. The minimum Gasteiger partial charge on any atom is -0.273 e. The molecule has 1 saturated heterocycles. The molecule has 1 amide bonds. The summed E-state index contributed by atoms with van der Waals surface area (Å²) in [5.41, 5.74) is 2.18. The number of nitrogens with one attached hydrogen (secondary N) is 1. The molecule has 1 aliphatic rings. The van der Waals surface area contributed by atoms with E-state index in [-0.39, 0.29) is 57.3 Å². The van der Waals surface area contributed by atoms with Gasteiger partial charge in [0.25, 0.3) is 0 Å². The minimum absolute atomic E-state index is 0. The Balaban J connectivity index is 0.000000360. The molecule has 0 aromatic carbocycles. The third kappa shape index (κ3) is 2.79. The van der Waals surface area contributed by atoms with E-state index in [1.54, 1.807) is 0 Å². The molecule has 4 heteroatoms. The second-order valence-corrected chi connectivity index (χ2v) is 1.12. The van der Waals surface area contributed by atoms with Crippen LogP contribution in [0.4, 0.5) is 0 Å². The molecule has 7 heavy (non-hydrogen) atoms. The Kier molecular flexibility index (Phi) is 4.61. The molecule has 0 aromatic heterocycles. The summed E-state index contributed by atoms with van der Waals surface area (Å²) in [7, 11) is 0. The van der Waals surface area contributed by atoms with Crippen molar-refractivity contribution in [2.75, 3.05) is 6.61 Å². The predicted octanol–water partition coefficient (Wildman–Crippen LogP) is -0.943. The maximum absolute atomic E-state index is 10.0. The fraction of sp³-hybridized carbons (Fsp3) is 0.667. The van der Waals surface area contributed by atoms with E-state index < -0.39 is 0 Å². The second kappa shape index (κ2) is 4.00. The van der Waals surface area contributed by atoms with Gasteiger partial charge in [0.05, 0.1) is 13.0 Å². The summed E-state index contributed by atoms with van der Waals surface area (Å²) in [6.07, 6.45) is 0.514. The van der Waals surface area contributed by atoms with Gasteiger partial charge in [-0.2, -0.15) is 0 Å². The van der Waals surface area contributed by atoms with Crippen molar-refractivity contribution in [3.63, 3.8) is 0 Å². The monoisotopic (exact) mass is 126 g/mol. The fourth-order valence-corrected chi connectivity index (χ4v) is 0.326. The molecule has 1 rings (SSSR count). The van der Waals surface area contributed by atoms with Crippen molar-refractivity contribution in [2.45, 2.75) is 6.42 Å². The van der Waals surface area contributed by atoms with Gasteiger partial charge in [-0.3, -0.25) is 9.63 Å². The van der Waals surface area contributed by atoms with Gasteiger partial charge < -0.3 is 0 Å². The van der Waals surface area contributed by atoms with Crippen LogP contribution in [0.3, 0.4) is 0 Å². The van der Waals surface area contributed by atoms with Crippen LogP contribution < -0.4 is 5.48 Å². The zero-order chi connectivity index (χ0) is 4.41. The number of carbonyl (C=O) groups is 1. The Hall–Kier alpha value is 1.07. The topological polar surface area (TPSA) is 38.3 Å². The molecule has 0 saturated carbocycles. The maximum Gasteiger partial charge on any atom is 0.245 e. The molecular formula is C3H5KNO2. The molecule has 1 fully saturated rings. The van der Waals surface area contributed by atoms with E-state index in [9.17, 15) is 4.79 Å². The number of hydrogen-bond donors (Lipinski definition) is 1. The van der Waals surface area contributed by atoms with Gasteiger partial charge in [-0.1, -0.05) is 0 Å². The molecule has 0 unspecified atom stereocenters. The van der Waals surface area contributed by atoms with Crippen LogP contribution in [0, 0.1) is 0 Å². The Labute approximate surface area is 84.2 Å². The Bertz CT molecular complexity index is 67.3. The number of carbonyl (C=O) groups excluding carboxylic acids is 1. The molecule has 0 aliphatic carbocycles. The second-order valence-electron chi connectivity index (χ2n) is 1.12. The average Bonchev–Trinajstić information content (AvgIpc) is 1.86. The molecule has 1 aliphatic heterocycles. The van der Waals surface area contributed by atoms with Gasteiger partial charge in [-0.25, -0.2) is 5.48 Å². The molecule has 0 aromatic rings. The van der Waals surface area contributed by atoms with E-state index in [1.165, 1.54) is 0 Å². The number of amides is 1. The summed E-state index contributed by atoms with van der Waals surface area (Å²) in [6.45, 7) is 0.527. The first kappa shape index (κ1) is 8.07. The van der Waals surface area contributed by atoms with Crippen LogP contribution in [0.25, 0.3) is 0 Å². The van der Waals surface area contributed by atoms with Crippen molar-refractivity contribution in [3.8, 4) is 0 Å². The predicted molar refractivity (Wildman–Crippen MR) is 24.5 cm³/mol. The van der Waals surface area contributed by atoms with E-state index >= 15 is 0 Å². The maximum atomic E-state index is 10.0. The van der Waals surface area contributed by atoms with Crippen LogP contribution in [-0.2, 0) is 9.63 Å². The quantitative estimate of drug-likeness (QED) is 0.425. The molecule has 3 nitrogen and oxygen atoms in total. The molecule has 0 bridgehead atoms. The van der Waals surface area contributed by atoms with Gasteiger partial charge in [0, 0.05) is 51.4 Å². The van der Waals surface area contributed by atoms with E-state index in [0.29, 0.717) is 13.0 Å². The molecule has 1 heterocycles. The smallest absolute Gasteiger partial charge is 0.245 e. The van der Waals surface area contributed by atoms with Crippen LogP contribution in [0.5, 0.6) is 0 Å². The van der Waals surface area contributed by atoms with Crippen molar-refractivity contribution in [1.82, 2.24) is 5.48 Å². The number of hydroxylamine groups is 1. The van der Waals surface area contributed by atoms with Gasteiger partial charge >= 0.3 is 0 Å². The van der Waals surface area contributed by atoms with Crippen LogP contribution in [0.2, 0.25) is 0 Å². The molecule has 0 atom stereocenters. The minimum atomic E-state index is -0.0185. The largest absolute Gasteiger partial charge is 0.273 e. The Morgan fingerprint density at radius 3 is 2.57 bits per heavy atom. The van der Waals surface area contributed by atoms with Gasteiger partial charge in [0.1, 0.15) is 0 Å². The van der Waals surface area contributed by atoms with Crippen molar-refractivity contribution in [3.05, 3.63) is 0 Å². The van der Waals surface area contributed by atoms with Crippen LogP contribution in [0.1, 0.15) is 6.42 Å². The van der Waals surface area contributed by atoms with E-state index in [4.69, 9.17) is 0 Å². The zero-order valence-corrected chi connectivity index (χ0v) is 7.35. The summed E-state index contributed by atoms with van der Waals surface area (Å²) >= 11 is 0. The van der Waals surface area contributed by atoms with Crippen LogP contribution >= 0.6 is 0 Å². The summed E-state index contributed by atoms with van der Waals surface area (Å²) < 4.78 is 0. The average molecular weight is 126 g/mol. The van der Waals surface area contributed by atoms with E-state index in [1.807, 2.05) is 0 Å². The standard InChI is InChI=1S/C3H5NO2.K/c5-3-1-2-6-4-3;/h1-2H2,(H,4,5);. The van der Waals surface area contributed by atoms with Crippen LogP contribution in [0.15, 0.2) is 0 Å². The Morgan fingerprint density at radius 1 is 1.71 bits per heavy atom. The molecule has 1 radical (unpaired) electrons. The normalized spacial score (nSPS) is 18.0. The van der Waals surface area contributed by atoms with Gasteiger partial charge in [0.15, 0.2) is 0 Å². The van der Waals surface area contributed by atoms with E-state index in [2.05, 4.69) is 10.3 Å². The van der Waals surface area contributed by atoms with Crippen LogP contribution in [-0.4, -0.2) is 63.9 Å². The molecule has 1 N–H and O–H groups in total. The van der Waals surface area contributed by atoms with E-state index in [0.717, 1.165) is 0 Å².